The Hall–Kier alpha value is -1.55. The SMILES string of the molecule is Fc1ccc(-c2nc(=S)c3c(o2)CCCC3)cc1. The van der Waals surface area contributed by atoms with Crippen LogP contribution in [0.1, 0.15) is 24.2 Å². The first-order valence-corrected chi connectivity index (χ1v) is 6.44. The maximum absolute atomic E-state index is 12.9. The molecule has 3 rings (SSSR count). The third-order valence-electron chi connectivity index (χ3n) is 3.19. The molecule has 92 valence electrons. The summed E-state index contributed by atoms with van der Waals surface area (Å²) in [5, 5.41) is 0. The van der Waals surface area contributed by atoms with Gasteiger partial charge in [-0.1, -0.05) is 12.2 Å². The lowest BCUT2D eigenvalue weighted by Crippen LogP contribution is -2.05. The van der Waals surface area contributed by atoms with Crippen LogP contribution in [0.5, 0.6) is 0 Å². The fourth-order valence-corrected chi connectivity index (χ4v) is 2.53. The van der Waals surface area contributed by atoms with Gasteiger partial charge in [0.05, 0.1) is 0 Å². The van der Waals surface area contributed by atoms with E-state index in [-0.39, 0.29) is 5.82 Å². The van der Waals surface area contributed by atoms with Crippen molar-refractivity contribution in [3.05, 3.63) is 46.0 Å². The Morgan fingerprint density at radius 1 is 1.11 bits per heavy atom. The van der Waals surface area contributed by atoms with E-state index >= 15 is 0 Å². The molecule has 0 N–H and O–H groups in total. The van der Waals surface area contributed by atoms with Crippen LogP contribution < -0.4 is 0 Å². The van der Waals surface area contributed by atoms with Crippen molar-refractivity contribution in [2.75, 3.05) is 0 Å². The molecule has 1 aliphatic rings. The van der Waals surface area contributed by atoms with Gasteiger partial charge in [-0.05, 0) is 43.5 Å². The summed E-state index contributed by atoms with van der Waals surface area (Å²) in [5.41, 5.74) is 1.83. The van der Waals surface area contributed by atoms with Crippen LogP contribution >= 0.6 is 12.2 Å². The largest absolute Gasteiger partial charge is 0.442 e. The maximum atomic E-state index is 12.9. The molecule has 0 fully saturated rings. The lowest BCUT2D eigenvalue weighted by molar-refractivity contribution is 0.449. The number of hydrogen-bond donors (Lipinski definition) is 0. The summed E-state index contributed by atoms with van der Waals surface area (Å²) in [4.78, 5) is 4.31. The summed E-state index contributed by atoms with van der Waals surface area (Å²) in [6.45, 7) is 0. The van der Waals surface area contributed by atoms with Crippen LogP contribution in [-0.2, 0) is 12.8 Å². The first-order chi connectivity index (χ1) is 8.74. The Balaban J connectivity index is 2.11. The molecule has 0 unspecified atom stereocenters. The summed E-state index contributed by atoms with van der Waals surface area (Å²) < 4.78 is 19.3. The summed E-state index contributed by atoms with van der Waals surface area (Å²) in [7, 11) is 0. The van der Waals surface area contributed by atoms with Gasteiger partial charge in [0, 0.05) is 17.5 Å². The lowest BCUT2D eigenvalue weighted by atomic mass is 9.98. The molecule has 2 nitrogen and oxygen atoms in total. The number of nitrogens with zero attached hydrogens (tertiary/aromatic N) is 1. The van der Waals surface area contributed by atoms with E-state index in [1.165, 1.54) is 12.1 Å². The van der Waals surface area contributed by atoms with Crippen molar-refractivity contribution in [2.24, 2.45) is 0 Å². The second-order valence-corrected chi connectivity index (χ2v) is 4.83. The first kappa shape index (κ1) is 11.5. The number of halogens is 1. The van der Waals surface area contributed by atoms with Gasteiger partial charge in [0.2, 0.25) is 5.89 Å². The molecule has 0 bridgehead atoms. The Kier molecular flexibility index (Phi) is 2.96. The number of rotatable bonds is 1. The molecule has 0 atom stereocenters. The van der Waals surface area contributed by atoms with E-state index in [4.69, 9.17) is 16.6 Å². The van der Waals surface area contributed by atoms with E-state index in [2.05, 4.69) is 4.98 Å². The molecule has 18 heavy (non-hydrogen) atoms. The third kappa shape index (κ3) is 2.08. The Morgan fingerprint density at radius 2 is 1.83 bits per heavy atom. The Bertz CT molecular complexity index is 633. The topological polar surface area (TPSA) is 26.0 Å². The highest BCUT2D eigenvalue weighted by molar-refractivity contribution is 7.71. The number of aromatic nitrogens is 1. The van der Waals surface area contributed by atoms with Gasteiger partial charge in [-0.3, -0.25) is 0 Å². The molecule has 0 saturated carbocycles. The third-order valence-corrected chi connectivity index (χ3v) is 3.53. The van der Waals surface area contributed by atoms with Gasteiger partial charge in [-0.15, -0.1) is 0 Å². The molecule has 0 radical (unpaired) electrons. The molecule has 0 saturated heterocycles. The van der Waals surface area contributed by atoms with Crippen LogP contribution in [0.4, 0.5) is 4.39 Å². The number of fused-ring (bicyclic) bond motifs is 1. The van der Waals surface area contributed by atoms with Gasteiger partial charge in [-0.2, -0.15) is 0 Å². The van der Waals surface area contributed by atoms with Crippen LogP contribution in [0.25, 0.3) is 11.5 Å². The van der Waals surface area contributed by atoms with Crippen LogP contribution in [0.2, 0.25) is 0 Å². The van der Waals surface area contributed by atoms with Crippen molar-refractivity contribution in [2.45, 2.75) is 25.7 Å². The second-order valence-electron chi connectivity index (χ2n) is 4.44. The number of benzene rings is 1. The summed E-state index contributed by atoms with van der Waals surface area (Å²) in [6.07, 6.45) is 4.13. The van der Waals surface area contributed by atoms with Crippen LogP contribution in [0, 0.1) is 10.5 Å². The van der Waals surface area contributed by atoms with E-state index in [9.17, 15) is 4.39 Å². The normalized spacial score (nSPS) is 14.3. The van der Waals surface area contributed by atoms with E-state index in [0.29, 0.717) is 10.5 Å². The fourth-order valence-electron chi connectivity index (χ4n) is 2.23. The number of hydrogen-bond acceptors (Lipinski definition) is 3. The van der Waals surface area contributed by atoms with Crippen molar-refractivity contribution in [1.82, 2.24) is 4.98 Å². The van der Waals surface area contributed by atoms with Crippen LogP contribution in [-0.4, -0.2) is 4.98 Å². The van der Waals surface area contributed by atoms with Crippen LogP contribution in [0.3, 0.4) is 0 Å². The molecule has 0 amide bonds. The Labute approximate surface area is 109 Å². The summed E-state index contributed by atoms with van der Waals surface area (Å²) in [5.74, 6) is 1.16. The number of aryl methyl sites for hydroxylation is 1. The van der Waals surface area contributed by atoms with E-state index in [1.54, 1.807) is 12.1 Å². The predicted molar refractivity (Wildman–Crippen MR) is 69.4 cm³/mol. The van der Waals surface area contributed by atoms with Gasteiger partial charge in [-0.25, -0.2) is 9.37 Å². The van der Waals surface area contributed by atoms with Gasteiger partial charge in [0.1, 0.15) is 16.2 Å². The molecular formula is C14H12FNOS. The predicted octanol–water partition coefficient (Wildman–Crippen LogP) is 4.09. The van der Waals surface area contributed by atoms with Crippen molar-refractivity contribution in [3.63, 3.8) is 0 Å². The molecule has 0 aliphatic heterocycles. The van der Waals surface area contributed by atoms with Gasteiger partial charge in [0.15, 0.2) is 0 Å². The lowest BCUT2D eigenvalue weighted by Gasteiger charge is -2.14. The van der Waals surface area contributed by atoms with E-state index in [1.807, 2.05) is 0 Å². The van der Waals surface area contributed by atoms with Crippen molar-refractivity contribution >= 4 is 12.2 Å². The maximum Gasteiger partial charge on any atom is 0.227 e. The minimum Gasteiger partial charge on any atom is -0.442 e. The zero-order valence-corrected chi connectivity index (χ0v) is 10.6. The smallest absolute Gasteiger partial charge is 0.227 e. The molecule has 0 spiro atoms. The van der Waals surface area contributed by atoms with E-state index in [0.717, 1.165) is 42.6 Å². The minimum atomic E-state index is -0.268. The zero-order valence-electron chi connectivity index (χ0n) is 9.78. The summed E-state index contributed by atoms with van der Waals surface area (Å²) >= 11 is 5.31. The quantitative estimate of drug-likeness (QED) is 0.723. The minimum absolute atomic E-state index is 0.268. The van der Waals surface area contributed by atoms with Crippen molar-refractivity contribution < 1.29 is 8.81 Å². The zero-order chi connectivity index (χ0) is 12.5. The second kappa shape index (κ2) is 4.61. The Morgan fingerprint density at radius 3 is 2.61 bits per heavy atom. The molecule has 4 heteroatoms. The van der Waals surface area contributed by atoms with Crippen molar-refractivity contribution in [1.29, 1.82) is 0 Å². The highest BCUT2D eigenvalue weighted by Crippen LogP contribution is 2.26. The highest BCUT2D eigenvalue weighted by atomic mass is 32.1. The van der Waals surface area contributed by atoms with Gasteiger partial charge >= 0.3 is 0 Å². The first-order valence-electron chi connectivity index (χ1n) is 6.03. The molecule has 1 aromatic heterocycles. The average molecular weight is 261 g/mol. The van der Waals surface area contributed by atoms with Crippen LogP contribution in [0.15, 0.2) is 28.7 Å². The van der Waals surface area contributed by atoms with E-state index < -0.39 is 0 Å². The van der Waals surface area contributed by atoms with Gasteiger partial charge < -0.3 is 4.42 Å². The molecular weight excluding hydrogens is 249 g/mol. The van der Waals surface area contributed by atoms with Crippen molar-refractivity contribution in [3.8, 4) is 11.5 Å². The standard InChI is InChI=1S/C14H12FNOS/c15-10-7-5-9(6-8-10)13-16-14(18)11-3-1-2-4-12(11)17-13/h5-8H,1-4H2. The highest BCUT2D eigenvalue weighted by Gasteiger charge is 2.16. The van der Waals surface area contributed by atoms with Gasteiger partial charge in [0.25, 0.3) is 0 Å². The molecule has 1 heterocycles. The molecule has 1 aliphatic carbocycles. The fraction of sp³-hybridized carbons (Fsp3) is 0.286. The average Bonchev–Trinajstić information content (AvgIpc) is 2.39. The monoisotopic (exact) mass is 261 g/mol. The molecule has 1 aromatic carbocycles. The molecule has 2 aromatic rings. The summed E-state index contributed by atoms with van der Waals surface area (Å²) in [6, 6.07) is 6.11.